The molecule has 0 saturated heterocycles. The second-order valence-electron chi connectivity index (χ2n) is 5.74. The van der Waals surface area contributed by atoms with Gasteiger partial charge in [-0.3, -0.25) is 0 Å². The van der Waals surface area contributed by atoms with E-state index in [-0.39, 0.29) is 0 Å². The molecular weight excluding hydrogens is 262 g/mol. The van der Waals surface area contributed by atoms with Crippen LogP contribution in [0.2, 0.25) is 0 Å². The van der Waals surface area contributed by atoms with E-state index >= 15 is 0 Å². The molecular formula is C18H21NO2. The molecule has 1 heterocycles. The van der Waals surface area contributed by atoms with Crippen LogP contribution >= 0.6 is 0 Å². The zero-order chi connectivity index (χ0) is 14.9. The van der Waals surface area contributed by atoms with Gasteiger partial charge in [-0.2, -0.15) is 0 Å². The van der Waals surface area contributed by atoms with Gasteiger partial charge in [-0.05, 0) is 31.0 Å². The van der Waals surface area contributed by atoms with E-state index in [1.54, 1.807) is 7.11 Å². The van der Waals surface area contributed by atoms with Gasteiger partial charge in [0.15, 0.2) is 0 Å². The molecule has 2 aromatic carbocycles. The molecule has 3 heteroatoms. The molecule has 0 spiro atoms. The normalized spacial score (nSPS) is 20.5. The minimum Gasteiger partial charge on any atom is -0.496 e. The van der Waals surface area contributed by atoms with Gasteiger partial charge in [-0.25, -0.2) is 0 Å². The minimum atomic E-state index is -0.407. The lowest BCUT2D eigenvalue weighted by molar-refractivity contribution is 0.214. The molecule has 1 aliphatic rings. The molecule has 3 nitrogen and oxygen atoms in total. The summed E-state index contributed by atoms with van der Waals surface area (Å²) < 4.78 is 11.2. The van der Waals surface area contributed by atoms with Gasteiger partial charge in [-0.1, -0.05) is 35.9 Å². The Bertz CT molecular complexity index is 653. The van der Waals surface area contributed by atoms with E-state index in [0.29, 0.717) is 6.61 Å². The lowest BCUT2D eigenvalue weighted by atomic mass is 9.80. The van der Waals surface area contributed by atoms with Crippen LogP contribution in [0.4, 0.5) is 0 Å². The van der Waals surface area contributed by atoms with E-state index in [1.165, 1.54) is 5.56 Å². The Morgan fingerprint density at radius 1 is 1.24 bits per heavy atom. The first kappa shape index (κ1) is 14.0. The fraction of sp³-hybridized carbons (Fsp3) is 0.333. The quantitative estimate of drug-likeness (QED) is 0.941. The van der Waals surface area contributed by atoms with Crippen molar-refractivity contribution >= 4 is 0 Å². The third-order valence-electron chi connectivity index (χ3n) is 4.17. The van der Waals surface area contributed by atoms with E-state index in [2.05, 4.69) is 25.1 Å². The summed E-state index contributed by atoms with van der Waals surface area (Å²) in [6.07, 6.45) is 1.55. The highest BCUT2D eigenvalue weighted by molar-refractivity contribution is 5.44. The van der Waals surface area contributed by atoms with Gasteiger partial charge in [0.25, 0.3) is 0 Å². The highest BCUT2D eigenvalue weighted by atomic mass is 16.5. The second-order valence-corrected chi connectivity index (χ2v) is 5.74. The predicted molar refractivity (Wildman–Crippen MR) is 83.9 cm³/mol. The summed E-state index contributed by atoms with van der Waals surface area (Å²) in [7, 11) is 1.70. The largest absolute Gasteiger partial charge is 0.496 e. The number of para-hydroxylation sites is 1. The molecule has 110 valence electrons. The van der Waals surface area contributed by atoms with Crippen LogP contribution in [0.1, 0.15) is 23.1 Å². The first-order valence-electron chi connectivity index (χ1n) is 7.27. The van der Waals surface area contributed by atoms with Crippen molar-refractivity contribution in [2.75, 3.05) is 13.7 Å². The lowest BCUT2D eigenvalue weighted by Crippen LogP contribution is -2.43. The van der Waals surface area contributed by atoms with E-state index in [4.69, 9.17) is 15.2 Å². The summed E-state index contributed by atoms with van der Waals surface area (Å²) in [6, 6.07) is 14.3. The average molecular weight is 283 g/mol. The molecule has 0 saturated carbocycles. The Kier molecular flexibility index (Phi) is 3.60. The van der Waals surface area contributed by atoms with Crippen molar-refractivity contribution in [3.05, 3.63) is 59.2 Å². The Balaban J connectivity index is 2.00. The van der Waals surface area contributed by atoms with Gasteiger partial charge in [0.1, 0.15) is 11.5 Å². The fourth-order valence-corrected chi connectivity index (χ4v) is 3.05. The smallest absolute Gasteiger partial charge is 0.124 e. The first-order valence-corrected chi connectivity index (χ1v) is 7.27. The zero-order valence-electron chi connectivity index (χ0n) is 12.6. The van der Waals surface area contributed by atoms with Crippen LogP contribution in [0.3, 0.4) is 0 Å². The maximum atomic E-state index is 6.74. The molecule has 2 N–H and O–H groups in total. The van der Waals surface area contributed by atoms with E-state index in [9.17, 15) is 0 Å². The second kappa shape index (κ2) is 5.41. The molecule has 0 radical (unpaired) electrons. The Labute approximate surface area is 125 Å². The summed E-state index contributed by atoms with van der Waals surface area (Å²) in [5.41, 5.74) is 9.78. The number of nitrogens with two attached hydrogens (primary N) is 1. The van der Waals surface area contributed by atoms with Crippen molar-refractivity contribution in [3.63, 3.8) is 0 Å². The average Bonchev–Trinajstić information content (AvgIpc) is 2.48. The molecule has 21 heavy (non-hydrogen) atoms. The molecule has 0 fully saturated rings. The van der Waals surface area contributed by atoms with Crippen molar-refractivity contribution in [2.24, 2.45) is 5.73 Å². The molecule has 3 rings (SSSR count). The van der Waals surface area contributed by atoms with Gasteiger partial charge in [0.05, 0.1) is 19.3 Å². The van der Waals surface area contributed by atoms with Gasteiger partial charge >= 0.3 is 0 Å². The van der Waals surface area contributed by atoms with Gasteiger partial charge in [0, 0.05) is 12.0 Å². The number of rotatable bonds is 3. The summed E-state index contributed by atoms with van der Waals surface area (Å²) in [4.78, 5) is 0. The maximum Gasteiger partial charge on any atom is 0.124 e. The number of aryl methyl sites for hydroxylation is 1. The van der Waals surface area contributed by atoms with Crippen LogP contribution < -0.4 is 15.2 Å². The summed E-state index contributed by atoms with van der Waals surface area (Å²) >= 11 is 0. The topological polar surface area (TPSA) is 44.5 Å². The van der Waals surface area contributed by atoms with Crippen molar-refractivity contribution in [2.45, 2.75) is 25.3 Å². The van der Waals surface area contributed by atoms with E-state index < -0.39 is 5.54 Å². The van der Waals surface area contributed by atoms with Crippen molar-refractivity contribution < 1.29 is 9.47 Å². The van der Waals surface area contributed by atoms with Gasteiger partial charge in [0.2, 0.25) is 0 Å². The number of hydrogen-bond donors (Lipinski definition) is 1. The standard InChI is InChI=1S/C18H21NO2/c1-13-7-8-16(20-2)14(11-13)12-18(19)9-10-21-17-6-4-3-5-15(17)18/h3-8,11H,9-10,12,19H2,1-2H3. The molecule has 1 unspecified atom stereocenters. The van der Waals surface area contributed by atoms with Crippen molar-refractivity contribution in [1.82, 2.24) is 0 Å². The first-order chi connectivity index (χ1) is 10.1. The summed E-state index contributed by atoms with van der Waals surface area (Å²) in [5, 5.41) is 0. The number of methoxy groups -OCH3 is 1. The van der Waals surface area contributed by atoms with Crippen LogP contribution in [0.5, 0.6) is 11.5 Å². The Hall–Kier alpha value is -2.00. The number of fused-ring (bicyclic) bond motifs is 1. The van der Waals surface area contributed by atoms with Crippen LogP contribution in [0.25, 0.3) is 0 Å². The van der Waals surface area contributed by atoms with Crippen LogP contribution in [0.15, 0.2) is 42.5 Å². The SMILES string of the molecule is COc1ccc(C)cc1CC1(N)CCOc2ccccc21. The Morgan fingerprint density at radius 2 is 2.05 bits per heavy atom. The molecule has 0 aliphatic carbocycles. The monoisotopic (exact) mass is 283 g/mol. The highest BCUT2D eigenvalue weighted by Crippen LogP contribution is 2.38. The maximum absolute atomic E-state index is 6.74. The number of ether oxygens (including phenoxy) is 2. The van der Waals surface area contributed by atoms with E-state index in [0.717, 1.165) is 35.5 Å². The third kappa shape index (κ3) is 2.61. The van der Waals surface area contributed by atoms with Crippen LogP contribution in [-0.4, -0.2) is 13.7 Å². The molecule has 2 aromatic rings. The van der Waals surface area contributed by atoms with Crippen molar-refractivity contribution in [3.8, 4) is 11.5 Å². The van der Waals surface area contributed by atoms with Crippen LogP contribution in [0, 0.1) is 6.92 Å². The van der Waals surface area contributed by atoms with Gasteiger partial charge < -0.3 is 15.2 Å². The number of hydrogen-bond acceptors (Lipinski definition) is 3. The molecule has 0 aromatic heterocycles. The molecule has 1 aliphatic heterocycles. The van der Waals surface area contributed by atoms with Crippen LogP contribution in [-0.2, 0) is 12.0 Å². The summed E-state index contributed by atoms with van der Waals surface area (Å²) in [6.45, 7) is 2.74. The van der Waals surface area contributed by atoms with E-state index in [1.807, 2.05) is 24.3 Å². The third-order valence-corrected chi connectivity index (χ3v) is 4.17. The summed E-state index contributed by atoms with van der Waals surface area (Å²) in [5.74, 6) is 1.80. The van der Waals surface area contributed by atoms with Gasteiger partial charge in [-0.15, -0.1) is 0 Å². The van der Waals surface area contributed by atoms with Crippen molar-refractivity contribution in [1.29, 1.82) is 0 Å². The lowest BCUT2D eigenvalue weighted by Gasteiger charge is -2.36. The highest BCUT2D eigenvalue weighted by Gasteiger charge is 2.34. The molecule has 1 atom stereocenters. The predicted octanol–water partition coefficient (Wildman–Crippen LogP) is 3.18. The fourth-order valence-electron chi connectivity index (χ4n) is 3.05. The minimum absolute atomic E-state index is 0.407. The molecule has 0 bridgehead atoms. The number of benzene rings is 2. The zero-order valence-corrected chi connectivity index (χ0v) is 12.6. The Morgan fingerprint density at radius 3 is 2.86 bits per heavy atom. The molecule has 0 amide bonds.